The van der Waals surface area contributed by atoms with Gasteiger partial charge in [-0.2, -0.15) is 0 Å². The second kappa shape index (κ2) is 6.25. The number of hydrogen-bond donors (Lipinski definition) is 3. The van der Waals surface area contributed by atoms with E-state index in [-0.39, 0.29) is 18.6 Å². The number of carbonyl (C=O) groups is 1. The molecule has 0 unspecified atom stereocenters. The van der Waals surface area contributed by atoms with Gasteiger partial charge in [0.15, 0.2) is 0 Å². The Hall–Kier alpha value is -1.39. The number of nitrogens with one attached hydrogen (secondary N) is 1. The fourth-order valence-corrected chi connectivity index (χ4v) is 1.39. The molecule has 1 aromatic rings. The molecule has 0 bridgehead atoms. The van der Waals surface area contributed by atoms with Gasteiger partial charge in [-0.05, 0) is 37.6 Å². The molecule has 0 spiro atoms. The smallest absolute Gasteiger partial charge is 0.251 e. The Morgan fingerprint density at radius 1 is 1.56 bits per heavy atom. The molecule has 4 N–H and O–H groups in total. The number of hydrogen-bond acceptors (Lipinski definition) is 3. The molecule has 0 saturated heterocycles. The molecule has 0 radical (unpaired) electrons. The van der Waals surface area contributed by atoms with Crippen LogP contribution in [0, 0.1) is 0 Å². The lowest BCUT2D eigenvalue weighted by molar-refractivity contribution is 0.0922. The third-order valence-electron chi connectivity index (χ3n) is 2.27. The molecule has 0 aliphatic rings. The highest BCUT2D eigenvalue weighted by molar-refractivity contribution is 5.94. The largest absolute Gasteiger partial charge is 0.394 e. The van der Waals surface area contributed by atoms with Crippen LogP contribution in [0.2, 0.25) is 0 Å². The fourth-order valence-electron chi connectivity index (χ4n) is 1.39. The van der Waals surface area contributed by atoms with Crippen LogP contribution in [0.3, 0.4) is 0 Å². The van der Waals surface area contributed by atoms with Gasteiger partial charge in [-0.1, -0.05) is 12.1 Å². The predicted molar refractivity (Wildman–Crippen MR) is 63.2 cm³/mol. The molecule has 0 saturated carbocycles. The number of amides is 1. The first-order chi connectivity index (χ1) is 7.67. The molecule has 0 aliphatic carbocycles. The normalized spacial score (nSPS) is 12.2. The highest BCUT2D eigenvalue weighted by atomic mass is 16.3. The van der Waals surface area contributed by atoms with Gasteiger partial charge in [0.05, 0.1) is 6.61 Å². The molecular formula is C12H18N2O2. The Labute approximate surface area is 95.5 Å². The first-order valence-electron chi connectivity index (χ1n) is 5.38. The van der Waals surface area contributed by atoms with Crippen molar-refractivity contribution in [3.63, 3.8) is 0 Å². The predicted octanol–water partition coefficient (Wildman–Crippen LogP) is 0.298. The van der Waals surface area contributed by atoms with Crippen LogP contribution in [-0.2, 0) is 6.42 Å². The molecule has 4 heteroatoms. The van der Waals surface area contributed by atoms with Crippen LogP contribution in [0.25, 0.3) is 0 Å². The van der Waals surface area contributed by atoms with E-state index in [0.29, 0.717) is 12.1 Å². The molecule has 0 fully saturated rings. The molecule has 1 atom stereocenters. The van der Waals surface area contributed by atoms with Crippen LogP contribution in [0.5, 0.6) is 0 Å². The first kappa shape index (κ1) is 12.7. The summed E-state index contributed by atoms with van der Waals surface area (Å²) in [5, 5.41) is 11.5. The lowest BCUT2D eigenvalue weighted by Crippen LogP contribution is -2.35. The van der Waals surface area contributed by atoms with Crippen molar-refractivity contribution >= 4 is 5.91 Å². The van der Waals surface area contributed by atoms with E-state index >= 15 is 0 Å². The molecule has 0 aliphatic heterocycles. The Morgan fingerprint density at radius 2 is 2.31 bits per heavy atom. The summed E-state index contributed by atoms with van der Waals surface area (Å²) in [5.74, 6) is -0.166. The van der Waals surface area contributed by atoms with Crippen molar-refractivity contribution in [1.82, 2.24) is 5.32 Å². The Morgan fingerprint density at radius 3 is 2.94 bits per heavy atom. The summed E-state index contributed by atoms with van der Waals surface area (Å²) in [6.07, 6.45) is 0.761. The van der Waals surface area contributed by atoms with Crippen LogP contribution in [-0.4, -0.2) is 30.2 Å². The molecular weight excluding hydrogens is 204 g/mol. The molecule has 88 valence electrons. The molecule has 16 heavy (non-hydrogen) atoms. The van der Waals surface area contributed by atoms with E-state index in [9.17, 15) is 4.79 Å². The van der Waals surface area contributed by atoms with Crippen LogP contribution in [0.1, 0.15) is 22.8 Å². The second-order valence-electron chi connectivity index (χ2n) is 3.80. The van der Waals surface area contributed by atoms with Gasteiger partial charge >= 0.3 is 0 Å². The maximum atomic E-state index is 11.7. The average molecular weight is 222 g/mol. The summed E-state index contributed by atoms with van der Waals surface area (Å²) >= 11 is 0. The third-order valence-corrected chi connectivity index (χ3v) is 2.27. The van der Waals surface area contributed by atoms with Crippen LogP contribution in [0.4, 0.5) is 0 Å². The van der Waals surface area contributed by atoms with Crippen LogP contribution >= 0.6 is 0 Å². The zero-order valence-corrected chi connectivity index (χ0v) is 9.44. The van der Waals surface area contributed by atoms with E-state index in [2.05, 4.69) is 5.32 Å². The van der Waals surface area contributed by atoms with Crippen molar-refractivity contribution in [2.24, 2.45) is 5.73 Å². The summed E-state index contributed by atoms with van der Waals surface area (Å²) in [5.41, 5.74) is 7.11. The molecule has 4 nitrogen and oxygen atoms in total. The zero-order valence-electron chi connectivity index (χ0n) is 9.44. The second-order valence-corrected chi connectivity index (χ2v) is 3.80. The molecule has 1 amide bonds. The van der Waals surface area contributed by atoms with Gasteiger partial charge < -0.3 is 16.2 Å². The van der Waals surface area contributed by atoms with Crippen molar-refractivity contribution in [2.75, 3.05) is 13.2 Å². The first-order valence-corrected chi connectivity index (χ1v) is 5.38. The minimum atomic E-state index is -0.231. The number of benzene rings is 1. The van der Waals surface area contributed by atoms with E-state index in [1.54, 1.807) is 13.0 Å². The molecule has 1 rings (SSSR count). The number of carbonyl (C=O) groups excluding carboxylic acids is 1. The van der Waals surface area contributed by atoms with Gasteiger partial charge in [-0.25, -0.2) is 0 Å². The quantitative estimate of drug-likeness (QED) is 0.670. The fraction of sp³-hybridized carbons (Fsp3) is 0.417. The van der Waals surface area contributed by atoms with Crippen molar-refractivity contribution in [2.45, 2.75) is 19.4 Å². The van der Waals surface area contributed by atoms with Crippen molar-refractivity contribution < 1.29 is 9.90 Å². The Kier molecular flexibility index (Phi) is 4.95. The maximum absolute atomic E-state index is 11.7. The number of aliphatic hydroxyl groups excluding tert-OH is 1. The van der Waals surface area contributed by atoms with Gasteiger partial charge in [0.1, 0.15) is 0 Å². The highest BCUT2D eigenvalue weighted by Crippen LogP contribution is 2.06. The summed E-state index contributed by atoms with van der Waals surface area (Å²) < 4.78 is 0. The number of rotatable bonds is 5. The lowest BCUT2D eigenvalue weighted by atomic mass is 10.1. The third kappa shape index (κ3) is 3.64. The Bertz CT molecular complexity index is 353. The van der Waals surface area contributed by atoms with Gasteiger partial charge in [-0.15, -0.1) is 0 Å². The van der Waals surface area contributed by atoms with E-state index in [0.717, 1.165) is 12.0 Å². The molecule has 1 aromatic carbocycles. The van der Waals surface area contributed by atoms with Gasteiger partial charge in [0.25, 0.3) is 5.91 Å². The summed E-state index contributed by atoms with van der Waals surface area (Å²) in [6.45, 7) is 2.26. The van der Waals surface area contributed by atoms with E-state index in [4.69, 9.17) is 10.8 Å². The van der Waals surface area contributed by atoms with Crippen molar-refractivity contribution in [3.05, 3.63) is 35.4 Å². The summed E-state index contributed by atoms with van der Waals surface area (Å²) in [7, 11) is 0. The molecule has 0 heterocycles. The minimum absolute atomic E-state index is 0.0613. The van der Waals surface area contributed by atoms with Crippen molar-refractivity contribution in [3.8, 4) is 0 Å². The maximum Gasteiger partial charge on any atom is 0.251 e. The van der Waals surface area contributed by atoms with Crippen LogP contribution < -0.4 is 11.1 Å². The number of aliphatic hydroxyl groups is 1. The lowest BCUT2D eigenvalue weighted by Gasteiger charge is -2.11. The summed E-state index contributed by atoms with van der Waals surface area (Å²) in [6, 6.07) is 7.12. The monoisotopic (exact) mass is 222 g/mol. The standard InChI is InChI=1S/C12H18N2O2/c1-9(8-15)14-12(16)11-4-2-3-10(7-11)5-6-13/h2-4,7,9,15H,5-6,8,13H2,1H3,(H,14,16)/t9-/m0/s1. The zero-order chi connectivity index (χ0) is 12.0. The topological polar surface area (TPSA) is 75.3 Å². The van der Waals surface area contributed by atoms with Crippen molar-refractivity contribution in [1.29, 1.82) is 0 Å². The summed E-state index contributed by atoms with van der Waals surface area (Å²) in [4.78, 5) is 11.7. The number of nitrogens with two attached hydrogens (primary N) is 1. The van der Waals surface area contributed by atoms with E-state index in [1.165, 1.54) is 0 Å². The van der Waals surface area contributed by atoms with E-state index < -0.39 is 0 Å². The van der Waals surface area contributed by atoms with E-state index in [1.807, 2.05) is 18.2 Å². The highest BCUT2D eigenvalue weighted by Gasteiger charge is 2.08. The van der Waals surface area contributed by atoms with Gasteiger partial charge in [-0.3, -0.25) is 4.79 Å². The molecule has 0 aromatic heterocycles. The minimum Gasteiger partial charge on any atom is -0.394 e. The Balaban J connectivity index is 2.71. The SMILES string of the molecule is C[C@@H](CO)NC(=O)c1cccc(CCN)c1. The van der Waals surface area contributed by atoms with Gasteiger partial charge in [0, 0.05) is 11.6 Å². The van der Waals surface area contributed by atoms with Crippen LogP contribution in [0.15, 0.2) is 24.3 Å². The average Bonchev–Trinajstić information content (AvgIpc) is 2.29. The van der Waals surface area contributed by atoms with Gasteiger partial charge in [0.2, 0.25) is 0 Å².